The van der Waals surface area contributed by atoms with E-state index in [1.807, 2.05) is 0 Å². The number of allylic oxidation sites excluding steroid dienone is 4. The summed E-state index contributed by atoms with van der Waals surface area (Å²) in [5, 5.41) is 5.49. The van der Waals surface area contributed by atoms with Crippen molar-refractivity contribution in [3.63, 3.8) is 0 Å². The summed E-state index contributed by atoms with van der Waals surface area (Å²) >= 11 is 2.40. The van der Waals surface area contributed by atoms with Gasteiger partial charge in [0.2, 0.25) is 0 Å². The van der Waals surface area contributed by atoms with E-state index in [0.717, 1.165) is 6.42 Å². The Labute approximate surface area is 444 Å². The molecule has 0 saturated carbocycles. The zero-order valence-electron chi connectivity index (χ0n) is 38.4. The van der Waals surface area contributed by atoms with E-state index in [2.05, 4.69) is 293 Å². The van der Waals surface area contributed by atoms with E-state index >= 15 is 0 Å². The van der Waals surface area contributed by atoms with Crippen LogP contribution in [0.3, 0.4) is 0 Å². The fraction of sp³-hybridized carbons (Fsp3) is 0.0154. The number of halogens is 3. The molecule has 0 amide bonds. The Morgan fingerprint density at radius 2 is 0.471 bits per heavy atom. The topological polar surface area (TPSA) is 0 Å². The first-order valence-corrected chi connectivity index (χ1v) is 25.9. The molecule has 0 radical (unpaired) electrons. The second-order valence-electron chi connectivity index (χ2n) is 17.4. The predicted octanol–water partition coefficient (Wildman–Crippen LogP) is 16.3. The molecule has 0 saturated heterocycles. The third-order valence-corrected chi connectivity index (χ3v) is 19.2. The number of rotatable bonds is 11. The van der Waals surface area contributed by atoms with Gasteiger partial charge in [-0.3, -0.25) is 0 Å². The van der Waals surface area contributed by atoms with Crippen LogP contribution in [0.1, 0.15) is 12.0 Å². The molecule has 1 aliphatic rings. The van der Waals surface area contributed by atoms with Gasteiger partial charge in [0.15, 0.2) is 0 Å². The summed E-state index contributed by atoms with van der Waals surface area (Å²) in [4.78, 5) is 0. The summed E-state index contributed by atoms with van der Waals surface area (Å²) in [7, 11) is -3.47. The summed E-state index contributed by atoms with van der Waals surface area (Å²) in [6.07, 6.45) is 3.39. The Bertz CT molecular complexity index is 2920. The van der Waals surface area contributed by atoms with E-state index in [9.17, 15) is 0 Å². The van der Waals surface area contributed by atoms with Crippen LogP contribution in [-0.4, -0.2) is 8.07 Å². The van der Waals surface area contributed by atoms with E-state index < -0.39 is 8.07 Å². The zero-order valence-corrected chi connectivity index (χ0v) is 43.4. The molecular weight excluding hydrogens is 963 g/mol. The molecule has 0 atom stereocenters. The van der Waals surface area contributed by atoms with Crippen LogP contribution in [0.15, 0.2) is 282 Å². The molecule has 0 fully saturated rings. The van der Waals surface area contributed by atoms with Gasteiger partial charge in [0.25, 0.3) is 0 Å². The predicted molar refractivity (Wildman–Crippen MR) is 304 cm³/mol. The number of benzene rings is 10. The monoisotopic (exact) mass is 1010 g/mol. The normalized spacial score (nSPS) is 12.0. The van der Waals surface area contributed by atoms with Gasteiger partial charge in [-0.15, -0.1) is 37.2 Å². The summed E-state index contributed by atoms with van der Waals surface area (Å²) in [5.74, 6) is 0. The van der Waals surface area contributed by atoms with Crippen molar-refractivity contribution < 1.29 is 20.4 Å². The van der Waals surface area contributed by atoms with Crippen LogP contribution in [0, 0.1) is 0 Å². The first-order chi connectivity index (χ1) is 33.1. The Kier molecular flexibility index (Phi) is 16.0. The Balaban J connectivity index is 0.00000220. The first kappa shape index (κ1) is 49.9. The van der Waals surface area contributed by atoms with Crippen LogP contribution in [0.5, 0.6) is 0 Å². The molecule has 0 aliphatic heterocycles. The molecule has 10 aromatic rings. The molecule has 11 rings (SSSR count). The van der Waals surface area contributed by atoms with Gasteiger partial charge in [-0.05, 0) is 0 Å². The van der Waals surface area contributed by atoms with Gasteiger partial charge in [0.1, 0.15) is 0 Å². The SMILES string of the molecule is Cl.Cl.Cl.[Ti][C]1=C([Si](c2cc(-c3ccccc3)cc(-c3ccccc3)c2)(c2cc(-c3ccccc3)cc(-c3ccccc3)c2)c2cc(-c3ccccc3)cc(-c3ccccc3)c2)C(c2ccccc2)=CC1. The molecule has 0 N–H and O–H groups in total. The quantitative estimate of drug-likeness (QED) is 0.0895. The van der Waals surface area contributed by atoms with Gasteiger partial charge in [0.05, 0.1) is 0 Å². The van der Waals surface area contributed by atoms with E-state index in [4.69, 9.17) is 0 Å². The van der Waals surface area contributed by atoms with Crippen molar-refractivity contribution in [3.05, 3.63) is 288 Å². The van der Waals surface area contributed by atoms with Gasteiger partial charge < -0.3 is 0 Å². The van der Waals surface area contributed by atoms with E-state index in [-0.39, 0.29) is 37.2 Å². The Morgan fingerprint density at radius 1 is 0.257 bits per heavy atom. The summed E-state index contributed by atoms with van der Waals surface area (Å²) in [6, 6.07) is 99.6. The molecule has 10 aromatic carbocycles. The third kappa shape index (κ3) is 9.93. The van der Waals surface area contributed by atoms with Crippen molar-refractivity contribution in [2.24, 2.45) is 0 Å². The number of hydrogen-bond acceptors (Lipinski definition) is 0. The van der Waals surface area contributed by atoms with Gasteiger partial charge in [-0.25, -0.2) is 0 Å². The molecule has 0 unspecified atom stereocenters. The molecule has 339 valence electrons. The standard InChI is InChI=1S/C65H47Si.3ClH.Ti/c1-8-23-48(24-9-1)55-39-56(49-25-10-2-11-26-49)43-61(42-55)66(65-38-22-37-64(65)54-35-20-7-21-36-54,62-44-57(50-27-12-3-13-28-50)40-58(45-62)51-29-14-4-15-30-51)63-46-59(52-31-16-5-17-32-52)41-60(47-63)53-33-18-6-19-34-53;;;;/h1-21,23-37,39-47H,22H2;3*1H;. The zero-order chi connectivity index (χ0) is 45.0. The molecule has 0 nitrogen and oxygen atoms in total. The van der Waals surface area contributed by atoms with Crippen LogP contribution >= 0.6 is 37.2 Å². The molecule has 0 spiro atoms. The molecule has 70 heavy (non-hydrogen) atoms. The Morgan fingerprint density at radius 3 is 0.700 bits per heavy atom. The fourth-order valence-corrected chi connectivity index (χ4v) is 16.7. The van der Waals surface area contributed by atoms with Crippen molar-refractivity contribution >= 4 is 66.4 Å². The number of hydrogen-bond donors (Lipinski definition) is 0. The summed E-state index contributed by atoms with van der Waals surface area (Å²) in [5.41, 5.74) is 17.0. The van der Waals surface area contributed by atoms with E-state index in [0.29, 0.717) is 0 Å². The second kappa shape index (κ2) is 22.5. The molecule has 1 aliphatic carbocycles. The van der Waals surface area contributed by atoms with Crippen molar-refractivity contribution in [2.75, 3.05) is 0 Å². The molecular formula is C65H50Cl3SiTi. The minimum atomic E-state index is -3.47. The second-order valence-corrected chi connectivity index (χ2v) is 22.1. The van der Waals surface area contributed by atoms with Crippen LogP contribution in [0.4, 0.5) is 0 Å². The van der Waals surface area contributed by atoms with Crippen molar-refractivity contribution in [2.45, 2.75) is 6.42 Å². The van der Waals surface area contributed by atoms with E-state index in [1.54, 1.807) is 0 Å². The minimum absolute atomic E-state index is 0. The molecule has 0 heterocycles. The average molecular weight is 1010 g/mol. The van der Waals surface area contributed by atoms with Crippen molar-refractivity contribution in [1.29, 1.82) is 0 Å². The van der Waals surface area contributed by atoms with Crippen LogP contribution < -0.4 is 15.6 Å². The Hall–Kier alpha value is -6.52. The fourth-order valence-electron chi connectivity index (χ4n) is 10.1. The summed E-state index contributed by atoms with van der Waals surface area (Å²) < 4.78 is 1.41. The van der Waals surface area contributed by atoms with E-state index in [1.165, 1.54) is 103 Å². The summed E-state index contributed by atoms with van der Waals surface area (Å²) in [6.45, 7) is 0. The van der Waals surface area contributed by atoms with Gasteiger partial charge >= 0.3 is 410 Å². The van der Waals surface area contributed by atoms with Crippen LogP contribution in [0.25, 0.3) is 72.3 Å². The van der Waals surface area contributed by atoms with Gasteiger partial charge in [-0.2, -0.15) is 0 Å². The molecule has 0 bridgehead atoms. The van der Waals surface area contributed by atoms with Gasteiger partial charge in [-0.1, -0.05) is 0 Å². The third-order valence-electron chi connectivity index (χ3n) is 13.3. The first-order valence-electron chi connectivity index (χ1n) is 23.1. The maximum absolute atomic E-state index is 3.47. The maximum atomic E-state index is 2.56. The van der Waals surface area contributed by atoms with Crippen LogP contribution in [0.2, 0.25) is 0 Å². The van der Waals surface area contributed by atoms with Gasteiger partial charge in [0, 0.05) is 0 Å². The molecule has 0 aromatic heterocycles. The molecule has 5 heteroatoms. The van der Waals surface area contributed by atoms with Crippen molar-refractivity contribution in [1.82, 2.24) is 0 Å². The van der Waals surface area contributed by atoms with Crippen LogP contribution in [-0.2, 0) is 20.4 Å². The average Bonchev–Trinajstić information content (AvgIpc) is 3.81. The van der Waals surface area contributed by atoms with Crippen molar-refractivity contribution in [3.8, 4) is 66.8 Å².